The van der Waals surface area contributed by atoms with E-state index in [9.17, 15) is 0 Å². The Morgan fingerprint density at radius 3 is 0.619 bits per heavy atom. The molecule has 0 aliphatic carbocycles. The van der Waals surface area contributed by atoms with Crippen molar-refractivity contribution in [1.82, 2.24) is 0 Å². The highest BCUT2D eigenvalue weighted by Crippen LogP contribution is 2.41. The summed E-state index contributed by atoms with van der Waals surface area (Å²) in [6, 6.07) is 4.94. The van der Waals surface area contributed by atoms with Gasteiger partial charge < -0.3 is 35.7 Å². The fraction of sp³-hybridized carbons (Fsp3) is 0.924. The topological polar surface area (TPSA) is 27.7 Å². The number of ether oxygens (including phenoxy) is 3. The molecule has 0 heterocycles. The van der Waals surface area contributed by atoms with Crippen LogP contribution in [0.25, 0.3) is 0 Å². The van der Waals surface area contributed by atoms with E-state index in [2.05, 4.69) is 53.7 Å². The molecule has 0 aliphatic heterocycles. The highest BCUT2D eigenvalue weighted by atomic mass is 79.9. The molecule has 0 bridgehead atoms. The average molecular weight is 1250 g/mol. The van der Waals surface area contributed by atoms with Gasteiger partial charge in [0, 0.05) is 5.56 Å². The Hall–Kier alpha value is -0.940. The van der Waals surface area contributed by atoms with Gasteiger partial charge in [0.15, 0.2) is 11.5 Å². The summed E-state index contributed by atoms with van der Waals surface area (Å²) < 4.78 is 22.3. The molecule has 0 unspecified atom stereocenters. The molecule has 0 N–H and O–H groups in total. The number of halogens is 1. The van der Waals surface area contributed by atoms with E-state index in [1.54, 1.807) is 0 Å². The predicted molar refractivity (Wildman–Crippen MR) is 373 cm³/mol. The Bertz CT molecular complexity index is 1300. The monoisotopic (exact) mass is 1240 g/mol. The first kappa shape index (κ1) is 83.1. The Kier molecular flexibility index (Phi) is 67.2. The smallest absolute Gasteiger partial charge is 0.203 e. The summed E-state index contributed by atoms with van der Waals surface area (Å²) in [5.41, 5.74) is 1.43. The van der Waals surface area contributed by atoms with Crippen molar-refractivity contribution in [2.75, 3.05) is 39.5 Å². The van der Waals surface area contributed by atoms with Crippen molar-refractivity contribution in [3.8, 4) is 17.2 Å². The SMILES string of the molecule is CCCCCCCCCCCCOc1cc(C[N+](CCCCCCCCCCCC)(CCCCCCCCCCCC)CCCCCCCCCCCC)cc(OCCCCCCCCCCCC)c1OCCCCCCCCCCCC.[Br-]. The minimum atomic E-state index is 0. The third-order valence-corrected chi connectivity index (χ3v) is 18.8. The zero-order valence-electron chi connectivity index (χ0n) is 58.6. The van der Waals surface area contributed by atoms with Crippen molar-refractivity contribution in [1.29, 1.82) is 0 Å². The molecule has 1 rings (SSSR count). The molecule has 0 radical (unpaired) electrons. The van der Waals surface area contributed by atoms with Gasteiger partial charge in [0.25, 0.3) is 0 Å². The molecule has 1 aromatic rings. The summed E-state index contributed by atoms with van der Waals surface area (Å²) in [7, 11) is 0. The Balaban J connectivity index is 0.0000689. The number of quaternary nitrogens is 1. The van der Waals surface area contributed by atoms with Gasteiger partial charge in [-0.15, -0.1) is 0 Å². The summed E-state index contributed by atoms with van der Waals surface area (Å²) in [5.74, 6) is 2.85. The summed E-state index contributed by atoms with van der Waals surface area (Å²) in [6.07, 6.45) is 82.3. The quantitative estimate of drug-likeness (QED) is 0.0481. The highest BCUT2D eigenvalue weighted by molar-refractivity contribution is 5.54. The van der Waals surface area contributed by atoms with E-state index < -0.39 is 0 Å². The van der Waals surface area contributed by atoms with Gasteiger partial charge in [-0.3, -0.25) is 0 Å². The molecular formula is C79H154BrNO3. The number of hydrogen-bond donors (Lipinski definition) is 0. The minimum absolute atomic E-state index is 0. The van der Waals surface area contributed by atoms with Crippen LogP contribution >= 0.6 is 0 Å². The van der Waals surface area contributed by atoms with Crippen LogP contribution in [0.3, 0.4) is 0 Å². The molecule has 0 atom stereocenters. The average Bonchev–Trinajstić information content (AvgIpc) is 3.09. The number of benzene rings is 1. The van der Waals surface area contributed by atoms with Crippen LogP contribution in [0.2, 0.25) is 0 Å². The van der Waals surface area contributed by atoms with Gasteiger partial charge in [-0.25, -0.2) is 0 Å². The number of rotatable bonds is 71. The van der Waals surface area contributed by atoms with Crippen LogP contribution in [-0.2, 0) is 6.54 Å². The molecule has 0 spiro atoms. The second-order valence-electron chi connectivity index (χ2n) is 27.2. The lowest BCUT2D eigenvalue weighted by molar-refractivity contribution is -0.941. The van der Waals surface area contributed by atoms with Crippen LogP contribution in [-0.4, -0.2) is 43.9 Å². The normalized spacial score (nSPS) is 11.7. The lowest BCUT2D eigenvalue weighted by Crippen LogP contribution is -3.00. The molecule has 4 nitrogen and oxygen atoms in total. The van der Waals surface area contributed by atoms with Crippen LogP contribution in [0.15, 0.2) is 12.1 Å². The van der Waals surface area contributed by atoms with Gasteiger partial charge in [-0.1, -0.05) is 369 Å². The predicted octanol–water partition coefficient (Wildman–Crippen LogP) is 24.7. The van der Waals surface area contributed by atoms with E-state index in [1.165, 1.54) is 396 Å². The van der Waals surface area contributed by atoms with Crippen LogP contribution in [0, 0.1) is 0 Å². The standard InChI is InChI=1S/C79H154NO3.BrH/c1-7-13-19-25-31-37-43-49-55-61-67-80(68-62-56-50-44-38-32-26-20-14-8-2,69-63-57-51-45-39-33-27-21-15-9-3)75-76-73-77(81-70-64-58-52-46-40-34-28-22-16-10-4)79(83-72-66-60-54-48-42-36-30-24-18-12-6)78(74-76)82-71-65-59-53-47-41-35-29-23-17-11-5;/h73-74H,7-72,75H2,1-6H3;1H/q+1;/p-1. The van der Waals surface area contributed by atoms with Gasteiger partial charge >= 0.3 is 0 Å². The summed E-state index contributed by atoms with van der Waals surface area (Å²) >= 11 is 0. The van der Waals surface area contributed by atoms with Gasteiger partial charge in [-0.05, 0) is 69.9 Å². The maximum atomic E-state index is 7.05. The van der Waals surface area contributed by atoms with E-state index >= 15 is 0 Å². The largest absolute Gasteiger partial charge is 1.00 e. The molecule has 0 amide bonds. The molecule has 0 aromatic heterocycles. The molecule has 1 aromatic carbocycles. The van der Waals surface area contributed by atoms with Crippen molar-refractivity contribution < 1.29 is 35.7 Å². The van der Waals surface area contributed by atoms with Crippen LogP contribution in [0.1, 0.15) is 432 Å². The zero-order chi connectivity index (χ0) is 59.7. The fourth-order valence-electron chi connectivity index (χ4n) is 13.1. The zero-order valence-corrected chi connectivity index (χ0v) is 60.2. The first-order valence-corrected chi connectivity index (χ1v) is 39.0. The van der Waals surface area contributed by atoms with Gasteiger partial charge in [0.05, 0.1) is 39.5 Å². The first-order chi connectivity index (χ1) is 41.1. The molecule has 0 saturated carbocycles. The number of unbranched alkanes of at least 4 members (excludes halogenated alkanes) is 54. The maximum Gasteiger partial charge on any atom is 0.203 e. The van der Waals surface area contributed by atoms with Crippen molar-refractivity contribution in [3.05, 3.63) is 17.7 Å². The van der Waals surface area contributed by atoms with Crippen LogP contribution < -0.4 is 31.2 Å². The van der Waals surface area contributed by atoms with Gasteiger partial charge in [0.2, 0.25) is 5.75 Å². The van der Waals surface area contributed by atoms with Crippen LogP contribution in [0.4, 0.5) is 0 Å². The third-order valence-electron chi connectivity index (χ3n) is 18.8. The Morgan fingerprint density at radius 2 is 0.405 bits per heavy atom. The number of nitrogens with zero attached hydrogens (tertiary/aromatic N) is 1. The molecule has 84 heavy (non-hydrogen) atoms. The van der Waals surface area contributed by atoms with E-state index in [0.29, 0.717) is 0 Å². The van der Waals surface area contributed by atoms with Crippen molar-refractivity contribution in [2.45, 2.75) is 433 Å². The van der Waals surface area contributed by atoms with E-state index in [0.717, 1.165) is 62.9 Å². The second kappa shape index (κ2) is 68.0. The van der Waals surface area contributed by atoms with Gasteiger partial charge in [0.1, 0.15) is 6.54 Å². The Morgan fingerprint density at radius 1 is 0.226 bits per heavy atom. The molecule has 0 fully saturated rings. The highest BCUT2D eigenvalue weighted by Gasteiger charge is 2.29. The molecule has 500 valence electrons. The molecule has 0 aliphatic rings. The fourth-order valence-corrected chi connectivity index (χ4v) is 13.1. The first-order valence-electron chi connectivity index (χ1n) is 39.0. The maximum absolute atomic E-state index is 7.05. The van der Waals surface area contributed by atoms with Crippen molar-refractivity contribution >= 4 is 0 Å². The summed E-state index contributed by atoms with van der Waals surface area (Å²) in [4.78, 5) is 0. The third kappa shape index (κ3) is 54.0. The Labute approximate surface area is 540 Å². The van der Waals surface area contributed by atoms with Crippen molar-refractivity contribution in [2.24, 2.45) is 0 Å². The van der Waals surface area contributed by atoms with E-state index in [4.69, 9.17) is 14.2 Å². The van der Waals surface area contributed by atoms with Gasteiger partial charge in [-0.2, -0.15) is 0 Å². The van der Waals surface area contributed by atoms with Crippen molar-refractivity contribution in [3.63, 3.8) is 0 Å². The molecule has 5 heteroatoms. The van der Waals surface area contributed by atoms with E-state index in [-0.39, 0.29) is 17.0 Å². The lowest BCUT2D eigenvalue weighted by atomic mass is 10.0. The minimum Gasteiger partial charge on any atom is -1.00 e. The second-order valence-corrected chi connectivity index (χ2v) is 27.2. The van der Waals surface area contributed by atoms with E-state index in [1.807, 2.05) is 0 Å². The summed E-state index contributed by atoms with van der Waals surface area (Å²) in [6.45, 7) is 21.3. The molecule has 0 saturated heterocycles. The lowest BCUT2D eigenvalue weighted by Gasteiger charge is -2.40. The van der Waals surface area contributed by atoms with Crippen LogP contribution in [0.5, 0.6) is 17.2 Å². The summed E-state index contributed by atoms with van der Waals surface area (Å²) in [5, 5.41) is 0. The number of hydrogen-bond acceptors (Lipinski definition) is 3. The molecular weight excluding hydrogens is 1090 g/mol.